The molecule has 0 spiro atoms. The van der Waals surface area contributed by atoms with Gasteiger partial charge in [0.05, 0.1) is 12.6 Å². The first-order valence-corrected chi connectivity index (χ1v) is 6.55. The van der Waals surface area contributed by atoms with Crippen molar-refractivity contribution in [1.82, 2.24) is 0 Å². The fraction of sp³-hybridized carbons (Fsp3) is 0.250. The summed E-state index contributed by atoms with van der Waals surface area (Å²) in [5.41, 5.74) is 6.84. The minimum absolute atomic E-state index is 0.146. The lowest BCUT2D eigenvalue weighted by atomic mass is 9.99. The van der Waals surface area contributed by atoms with Gasteiger partial charge in [0.2, 0.25) is 0 Å². The molecule has 2 rings (SSSR count). The van der Waals surface area contributed by atoms with Gasteiger partial charge in [-0.25, -0.2) is 8.78 Å². The molecule has 0 aliphatic heterocycles. The van der Waals surface area contributed by atoms with Gasteiger partial charge in [-0.3, -0.25) is 0 Å². The summed E-state index contributed by atoms with van der Waals surface area (Å²) < 4.78 is 32.3. The van der Waals surface area contributed by atoms with Gasteiger partial charge in [0, 0.05) is 5.56 Å². The number of hydrogen-bond donors (Lipinski definition) is 1. The van der Waals surface area contributed by atoms with Gasteiger partial charge in [0.15, 0.2) is 0 Å². The lowest BCUT2D eigenvalue weighted by molar-refractivity contribution is 0.317. The van der Waals surface area contributed by atoms with E-state index in [4.69, 9.17) is 10.5 Å². The molecule has 0 heterocycles. The third kappa shape index (κ3) is 3.33. The van der Waals surface area contributed by atoms with Gasteiger partial charge in [-0.15, -0.1) is 0 Å². The molecule has 2 aromatic carbocycles. The van der Waals surface area contributed by atoms with Crippen LogP contribution in [0.4, 0.5) is 8.78 Å². The predicted octanol–water partition coefficient (Wildman–Crippen LogP) is 3.80. The van der Waals surface area contributed by atoms with Crippen LogP contribution in [-0.4, -0.2) is 6.61 Å². The Bertz CT molecular complexity index is 569. The summed E-state index contributed by atoms with van der Waals surface area (Å²) in [6.45, 7) is 2.67. The molecule has 0 saturated carbocycles. The molecule has 2 aromatic rings. The molecule has 0 bridgehead atoms. The standard InChI is InChI=1S/C16H17F2NO/c1-2-9-20-13-6-3-11(4-7-13)16(19)14-10-12(17)5-8-15(14)18/h3-8,10,16H,2,9,19H2,1H3. The van der Waals surface area contributed by atoms with Crippen molar-refractivity contribution < 1.29 is 13.5 Å². The molecule has 0 aromatic heterocycles. The molecule has 0 aliphatic carbocycles. The highest BCUT2D eigenvalue weighted by Crippen LogP contribution is 2.24. The van der Waals surface area contributed by atoms with Gasteiger partial charge in [0.1, 0.15) is 17.4 Å². The van der Waals surface area contributed by atoms with Crippen LogP contribution in [0, 0.1) is 11.6 Å². The summed E-state index contributed by atoms with van der Waals surface area (Å²) in [5.74, 6) is -0.271. The van der Waals surface area contributed by atoms with Crippen molar-refractivity contribution in [2.24, 2.45) is 5.73 Å². The molecule has 0 fully saturated rings. The monoisotopic (exact) mass is 277 g/mol. The van der Waals surface area contributed by atoms with Crippen molar-refractivity contribution >= 4 is 0 Å². The molecular weight excluding hydrogens is 260 g/mol. The Labute approximate surface area is 117 Å². The van der Waals surface area contributed by atoms with E-state index >= 15 is 0 Å². The SMILES string of the molecule is CCCOc1ccc(C(N)c2cc(F)ccc2F)cc1. The van der Waals surface area contributed by atoms with Gasteiger partial charge >= 0.3 is 0 Å². The summed E-state index contributed by atoms with van der Waals surface area (Å²) in [6, 6.07) is 9.67. The van der Waals surface area contributed by atoms with Crippen LogP contribution < -0.4 is 10.5 Å². The highest BCUT2D eigenvalue weighted by molar-refractivity contribution is 5.35. The van der Waals surface area contributed by atoms with Gasteiger partial charge < -0.3 is 10.5 Å². The molecule has 1 atom stereocenters. The topological polar surface area (TPSA) is 35.2 Å². The molecule has 0 aliphatic rings. The Morgan fingerprint density at radius 3 is 2.45 bits per heavy atom. The van der Waals surface area contributed by atoms with Crippen molar-refractivity contribution in [3.8, 4) is 5.75 Å². The molecule has 20 heavy (non-hydrogen) atoms. The van der Waals surface area contributed by atoms with Crippen molar-refractivity contribution in [2.45, 2.75) is 19.4 Å². The van der Waals surface area contributed by atoms with Crippen LogP contribution >= 0.6 is 0 Å². The highest BCUT2D eigenvalue weighted by Gasteiger charge is 2.14. The maximum absolute atomic E-state index is 13.7. The van der Waals surface area contributed by atoms with Gasteiger partial charge in [-0.1, -0.05) is 19.1 Å². The average molecular weight is 277 g/mol. The fourth-order valence-electron chi connectivity index (χ4n) is 1.92. The molecule has 1 unspecified atom stereocenters. The zero-order valence-corrected chi connectivity index (χ0v) is 11.3. The number of rotatable bonds is 5. The van der Waals surface area contributed by atoms with Crippen LogP contribution in [-0.2, 0) is 0 Å². The summed E-state index contributed by atoms with van der Waals surface area (Å²) in [6.07, 6.45) is 0.926. The third-order valence-corrected chi connectivity index (χ3v) is 3.01. The predicted molar refractivity (Wildman–Crippen MR) is 74.6 cm³/mol. The summed E-state index contributed by atoms with van der Waals surface area (Å²) in [5, 5.41) is 0. The molecule has 2 N–H and O–H groups in total. The second kappa shape index (κ2) is 6.48. The Morgan fingerprint density at radius 1 is 1.10 bits per heavy atom. The first-order valence-electron chi connectivity index (χ1n) is 6.55. The molecule has 2 nitrogen and oxygen atoms in total. The molecule has 106 valence electrons. The molecular formula is C16H17F2NO. The van der Waals surface area contributed by atoms with E-state index < -0.39 is 17.7 Å². The average Bonchev–Trinajstić information content (AvgIpc) is 2.47. The highest BCUT2D eigenvalue weighted by atomic mass is 19.1. The quantitative estimate of drug-likeness (QED) is 0.902. The van der Waals surface area contributed by atoms with Gasteiger partial charge in [-0.2, -0.15) is 0 Å². The minimum Gasteiger partial charge on any atom is -0.494 e. The van der Waals surface area contributed by atoms with E-state index in [1.54, 1.807) is 24.3 Å². The van der Waals surface area contributed by atoms with E-state index in [2.05, 4.69) is 0 Å². The number of benzene rings is 2. The summed E-state index contributed by atoms with van der Waals surface area (Å²) >= 11 is 0. The number of nitrogens with two attached hydrogens (primary N) is 1. The first kappa shape index (κ1) is 14.5. The zero-order chi connectivity index (χ0) is 14.5. The number of hydrogen-bond acceptors (Lipinski definition) is 2. The van der Waals surface area contributed by atoms with Crippen LogP contribution in [0.25, 0.3) is 0 Å². The van der Waals surface area contributed by atoms with Gasteiger partial charge in [0.25, 0.3) is 0 Å². The molecule has 0 radical (unpaired) electrons. The Morgan fingerprint density at radius 2 is 1.80 bits per heavy atom. The van der Waals surface area contributed by atoms with Crippen molar-refractivity contribution in [2.75, 3.05) is 6.61 Å². The second-order valence-electron chi connectivity index (χ2n) is 4.56. The van der Waals surface area contributed by atoms with Crippen LogP contribution in [0.15, 0.2) is 42.5 Å². The van der Waals surface area contributed by atoms with Crippen LogP contribution in [0.5, 0.6) is 5.75 Å². The van der Waals surface area contributed by atoms with Gasteiger partial charge in [-0.05, 0) is 42.3 Å². The maximum atomic E-state index is 13.7. The third-order valence-electron chi connectivity index (χ3n) is 3.01. The van der Waals surface area contributed by atoms with E-state index in [0.29, 0.717) is 12.2 Å². The number of halogens is 2. The van der Waals surface area contributed by atoms with E-state index in [9.17, 15) is 8.78 Å². The minimum atomic E-state index is -0.703. The zero-order valence-electron chi connectivity index (χ0n) is 11.3. The Balaban J connectivity index is 2.20. The Kier molecular flexibility index (Phi) is 4.69. The van der Waals surface area contributed by atoms with Crippen molar-refractivity contribution in [1.29, 1.82) is 0 Å². The fourth-order valence-corrected chi connectivity index (χ4v) is 1.92. The van der Waals surface area contributed by atoms with E-state index in [-0.39, 0.29) is 5.56 Å². The van der Waals surface area contributed by atoms with Crippen molar-refractivity contribution in [3.05, 3.63) is 65.2 Å². The smallest absolute Gasteiger partial charge is 0.128 e. The number of ether oxygens (including phenoxy) is 1. The van der Waals surface area contributed by atoms with Crippen molar-refractivity contribution in [3.63, 3.8) is 0 Å². The lowest BCUT2D eigenvalue weighted by Gasteiger charge is -2.14. The second-order valence-corrected chi connectivity index (χ2v) is 4.56. The van der Waals surface area contributed by atoms with E-state index in [0.717, 1.165) is 30.4 Å². The van der Waals surface area contributed by atoms with E-state index in [1.807, 2.05) is 6.92 Å². The summed E-state index contributed by atoms with van der Waals surface area (Å²) in [7, 11) is 0. The molecule has 0 saturated heterocycles. The molecule has 0 amide bonds. The Hall–Kier alpha value is -1.94. The largest absolute Gasteiger partial charge is 0.494 e. The normalized spacial score (nSPS) is 12.2. The first-order chi connectivity index (χ1) is 9.61. The van der Waals surface area contributed by atoms with E-state index in [1.165, 1.54) is 0 Å². The molecule has 4 heteroatoms. The lowest BCUT2D eigenvalue weighted by Crippen LogP contribution is -2.14. The van der Waals surface area contributed by atoms with Crippen LogP contribution in [0.3, 0.4) is 0 Å². The summed E-state index contributed by atoms with van der Waals surface area (Å²) in [4.78, 5) is 0. The maximum Gasteiger partial charge on any atom is 0.128 e. The van der Waals surface area contributed by atoms with Crippen LogP contribution in [0.2, 0.25) is 0 Å². The van der Waals surface area contributed by atoms with Crippen LogP contribution in [0.1, 0.15) is 30.5 Å².